The van der Waals surface area contributed by atoms with Crippen molar-refractivity contribution in [3.05, 3.63) is 11.6 Å². The second-order valence-electron chi connectivity index (χ2n) is 4.40. The number of pyridine rings is 2. The van der Waals surface area contributed by atoms with Crippen molar-refractivity contribution in [3.63, 3.8) is 0 Å². The van der Waals surface area contributed by atoms with E-state index in [0.29, 0.717) is 40.3 Å². The zero-order valence-corrected chi connectivity index (χ0v) is 11.9. The van der Waals surface area contributed by atoms with E-state index >= 15 is 0 Å². The van der Waals surface area contributed by atoms with Gasteiger partial charge >= 0.3 is 0 Å². The third kappa shape index (κ3) is 1.92. The van der Waals surface area contributed by atoms with Crippen LogP contribution in [-0.4, -0.2) is 30.0 Å². The van der Waals surface area contributed by atoms with Gasteiger partial charge in [0.25, 0.3) is 0 Å². The van der Waals surface area contributed by atoms with Crippen molar-refractivity contribution < 1.29 is 9.47 Å². The molecule has 106 valence electrons. The lowest BCUT2D eigenvalue weighted by atomic mass is 10.1. The normalized spacial score (nSPS) is 12.4. The number of hydrogen-bond acceptors (Lipinski definition) is 7. The van der Waals surface area contributed by atoms with Crippen LogP contribution in [0.4, 0.5) is 11.6 Å². The van der Waals surface area contributed by atoms with Crippen LogP contribution in [0.25, 0.3) is 10.8 Å². The van der Waals surface area contributed by atoms with Crippen LogP contribution in [0.5, 0.6) is 11.8 Å². The van der Waals surface area contributed by atoms with E-state index < -0.39 is 0 Å². The quantitative estimate of drug-likeness (QED) is 0.929. The summed E-state index contributed by atoms with van der Waals surface area (Å²) in [4.78, 5) is 13.1. The molecule has 21 heavy (non-hydrogen) atoms. The van der Waals surface area contributed by atoms with E-state index in [2.05, 4.69) is 26.3 Å². The number of amidine groups is 1. The predicted molar refractivity (Wildman–Crippen MR) is 78.4 cm³/mol. The first-order chi connectivity index (χ1) is 10.2. The molecule has 1 N–H and O–H groups in total. The summed E-state index contributed by atoms with van der Waals surface area (Å²) in [5.74, 6) is 2.52. The Morgan fingerprint density at radius 2 is 2.10 bits per heavy atom. The minimum atomic E-state index is 0.250. The fraction of sp³-hybridized carbons (Fsp3) is 0.286. The molecule has 0 aromatic carbocycles. The van der Waals surface area contributed by atoms with Gasteiger partial charge in [-0.2, -0.15) is 15.2 Å². The van der Waals surface area contributed by atoms with E-state index in [4.69, 9.17) is 9.47 Å². The van der Waals surface area contributed by atoms with Gasteiger partial charge in [0.2, 0.25) is 11.8 Å². The highest BCUT2D eigenvalue weighted by atomic mass is 16.5. The van der Waals surface area contributed by atoms with Gasteiger partial charge in [0.05, 0.1) is 19.6 Å². The smallest absolute Gasteiger partial charge is 0.234 e. The van der Waals surface area contributed by atoms with Crippen LogP contribution in [0.3, 0.4) is 0 Å². The van der Waals surface area contributed by atoms with E-state index in [9.17, 15) is 5.26 Å². The largest absolute Gasteiger partial charge is 0.481 e. The molecule has 0 aliphatic carbocycles. The molecule has 0 fully saturated rings. The highest BCUT2D eigenvalue weighted by Crippen LogP contribution is 2.40. The number of rotatable bonds is 3. The molecule has 0 radical (unpaired) electrons. The molecule has 2 aromatic heterocycles. The molecule has 7 heteroatoms. The molecule has 3 rings (SSSR count). The highest BCUT2D eigenvalue weighted by Gasteiger charge is 2.23. The molecule has 0 saturated heterocycles. The Morgan fingerprint density at radius 3 is 2.71 bits per heavy atom. The van der Waals surface area contributed by atoms with Gasteiger partial charge in [-0.3, -0.25) is 0 Å². The second-order valence-corrected chi connectivity index (χ2v) is 4.40. The van der Waals surface area contributed by atoms with E-state index in [0.717, 1.165) is 5.84 Å². The SMILES string of the molecule is CCC1=Nc2nc(OC)c(C#N)c3cc(OC)nc(c23)N1. The van der Waals surface area contributed by atoms with E-state index in [1.54, 1.807) is 6.07 Å². The molecule has 2 aromatic rings. The average molecular weight is 283 g/mol. The van der Waals surface area contributed by atoms with Crippen LogP contribution in [0.15, 0.2) is 11.1 Å². The second kappa shape index (κ2) is 4.90. The molecular formula is C14H13N5O2. The maximum atomic E-state index is 9.39. The van der Waals surface area contributed by atoms with Gasteiger partial charge in [-0.1, -0.05) is 6.92 Å². The van der Waals surface area contributed by atoms with Gasteiger partial charge in [0.1, 0.15) is 23.3 Å². The molecule has 0 unspecified atom stereocenters. The summed E-state index contributed by atoms with van der Waals surface area (Å²) >= 11 is 0. The molecule has 0 bridgehead atoms. The van der Waals surface area contributed by atoms with Crippen molar-refractivity contribution in [2.45, 2.75) is 13.3 Å². The first-order valence-electron chi connectivity index (χ1n) is 6.43. The van der Waals surface area contributed by atoms with Crippen LogP contribution in [0.1, 0.15) is 18.9 Å². The average Bonchev–Trinajstić information content (AvgIpc) is 2.53. The van der Waals surface area contributed by atoms with Gasteiger partial charge < -0.3 is 14.8 Å². The standard InChI is InChI=1S/C14H13N5O2/c1-4-9-16-12-11-7(5-10(18-12)20-2)8(6-15)14(21-3)19-13(11)17-9/h5H,4H2,1-3H3,(H,16,17,18,19). The summed E-state index contributed by atoms with van der Waals surface area (Å²) in [6, 6.07) is 3.82. The monoisotopic (exact) mass is 283 g/mol. The highest BCUT2D eigenvalue weighted by molar-refractivity contribution is 6.13. The zero-order chi connectivity index (χ0) is 15.0. The summed E-state index contributed by atoms with van der Waals surface area (Å²) in [7, 11) is 3.01. The molecule has 0 spiro atoms. The lowest BCUT2D eigenvalue weighted by Gasteiger charge is -2.19. The first kappa shape index (κ1) is 13.1. The van der Waals surface area contributed by atoms with Gasteiger partial charge in [0.15, 0.2) is 5.82 Å². The van der Waals surface area contributed by atoms with Crippen molar-refractivity contribution in [1.29, 1.82) is 5.26 Å². The Labute approximate surface area is 121 Å². The number of aliphatic imine (C=N–C) groups is 1. The van der Waals surface area contributed by atoms with Crippen molar-refractivity contribution in [3.8, 4) is 17.8 Å². The van der Waals surface area contributed by atoms with E-state index in [1.807, 2.05) is 6.92 Å². The fourth-order valence-electron chi connectivity index (χ4n) is 2.26. The number of ether oxygens (including phenoxy) is 2. The van der Waals surface area contributed by atoms with Gasteiger partial charge in [0, 0.05) is 17.9 Å². The Bertz CT molecular complexity index is 807. The summed E-state index contributed by atoms with van der Waals surface area (Å²) in [5.41, 5.74) is 0.343. The number of hydrogen-bond donors (Lipinski definition) is 1. The lowest BCUT2D eigenvalue weighted by Crippen LogP contribution is -2.16. The predicted octanol–water partition coefficient (Wildman–Crippen LogP) is 2.38. The number of anilines is 1. The summed E-state index contributed by atoms with van der Waals surface area (Å²) in [6.45, 7) is 1.98. The Balaban J connectivity index is 2.45. The Hall–Kier alpha value is -2.88. The van der Waals surface area contributed by atoms with Gasteiger partial charge in [-0.15, -0.1) is 0 Å². The topological polar surface area (TPSA) is 92.4 Å². The number of methoxy groups -OCH3 is 2. The van der Waals surface area contributed by atoms with Crippen LogP contribution in [-0.2, 0) is 0 Å². The molecule has 0 atom stereocenters. The Kier molecular flexibility index (Phi) is 3.06. The van der Waals surface area contributed by atoms with Gasteiger partial charge in [-0.25, -0.2) is 4.99 Å². The molecule has 1 aliphatic heterocycles. The summed E-state index contributed by atoms with van der Waals surface area (Å²) in [5, 5.41) is 13.9. The summed E-state index contributed by atoms with van der Waals surface area (Å²) < 4.78 is 10.4. The van der Waals surface area contributed by atoms with Crippen molar-refractivity contribution in [2.24, 2.45) is 4.99 Å². The first-order valence-corrected chi connectivity index (χ1v) is 6.43. The van der Waals surface area contributed by atoms with E-state index in [1.165, 1.54) is 14.2 Å². The third-order valence-electron chi connectivity index (χ3n) is 3.26. The van der Waals surface area contributed by atoms with Crippen LogP contribution < -0.4 is 14.8 Å². The molecule has 0 amide bonds. The molecule has 0 saturated carbocycles. The van der Waals surface area contributed by atoms with Crippen molar-refractivity contribution >= 4 is 28.2 Å². The molecular weight excluding hydrogens is 270 g/mol. The van der Waals surface area contributed by atoms with Crippen LogP contribution >= 0.6 is 0 Å². The lowest BCUT2D eigenvalue weighted by molar-refractivity contribution is 0.396. The fourth-order valence-corrected chi connectivity index (χ4v) is 2.26. The molecule has 1 aliphatic rings. The number of aromatic nitrogens is 2. The maximum Gasteiger partial charge on any atom is 0.234 e. The number of nitrogens with zero attached hydrogens (tertiary/aromatic N) is 4. The van der Waals surface area contributed by atoms with Crippen LogP contribution in [0, 0.1) is 11.3 Å². The maximum absolute atomic E-state index is 9.39. The summed E-state index contributed by atoms with van der Waals surface area (Å²) in [6.07, 6.45) is 0.712. The molecule has 7 nitrogen and oxygen atoms in total. The van der Waals surface area contributed by atoms with E-state index in [-0.39, 0.29) is 5.88 Å². The third-order valence-corrected chi connectivity index (χ3v) is 3.26. The molecule has 3 heterocycles. The zero-order valence-electron chi connectivity index (χ0n) is 11.9. The number of nitrogens with one attached hydrogen (secondary N) is 1. The minimum Gasteiger partial charge on any atom is -0.481 e. The van der Waals surface area contributed by atoms with Gasteiger partial charge in [-0.05, 0) is 0 Å². The van der Waals surface area contributed by atoms with Crippen molar-refractivity contribution in [2.75, 3.05) is 19.5 Å². The van der Waals surface area contributed by atoms with Crippen LogP contribution in [0.2, 0.25) is 0 Å². The Morgan fingerprint density at radius 1 is 1.29 bits per heavy atom. The van der Waals surface area contributed by atoms with Crippen molar-refractivity contribution in [1.82, 2.24) is 9.97 Å². The minimum absolute atomic E-state index is 0.250. The number of nitriles is 1.